The van der Waals surface area contributed by atoms with E-state index in [1.165, 1.54) is 0 Å². The van der Waals surface area contributed by atoms with Gasteiger partial charge in [-0.05, 0) is 34.5 Å². The minimum Gasteiger partial charge on any atom is -0.382 e. The third-order valence-electron chi connectivity index (χ3n) is 2.78. The van der Waals surface area contributed by atoms with Crippen LogP contribution in [0.4, 0.5) is 0 Å². The van der Waals surface area contributed by atoms with E-state index in [1.807, 2.05) is 12.1 Å². The maximum absolute atomic E-state index is 10.6. The number of nitrogens with zero attached hydrogens (tertiary/aromatic N) is 2. The summed E-state index contributed by atoms with van der Waals surface area (Å²) in [5, 5.41) is 15.3. The number of rotatable bonds is 4. The van der Waals surface area contributed by atoms with Gasteiger partial charge in [0.2, 0.25) is 0 Å². The fraction of sp³-hybridized carbons (Fsp3) is 0.308. The third-order valence-corrected chi connectivity index (χ3v) is 4.22. The molecule has 2 rings (SSSR count). The molecule has 1 aromatic carbocycles. The summed E-state index contributed by atoms with van der Waals surface area (Å²) in [5.41, 5.74) is 1.40. The van der Waals surface area contributed by atoms with E-state index in [4.69, 9.17) is 11.6 Å². The molecule has 0 aliphatic rings. The van der Waals surface area contributed by atoms with Crippen LogP contribution in [0.5, 0.6) is 0 Å². The van der Waals surface area contributed by atoms with Crippen molar-refractivity contribution in [2.45, 2.75) is 26.0 Å². The van der Waals surface area contributed by atoms with Crippen LogP contribution in [0.25, 0.3) is 0 Å². The first-order valence-electron chi connectivity index (χ1n) is 5.88. The molecular formula is C13H13Br2ClN2O. The lowest BCUT2D eigenvalue weighted by molar-refractivity contribution is 0.206. The number of benzene rings is 1. The summed E-state index contributed by atoms with van der Waals surface area (Å²) in [6.07, 6.45) is 1.84. The quantitative estimate of drug-likeness (QED) is 0.806. The van der Waals surface area contributed by atoms with Crippen molar-refractivity contribution >= 4 is 43.5 Å². The minimum absolute atomic E-state index is 0.526. The van der Waals surface area contributed by atoms with Crippen molar-refractivity contribution in [2.75, 3.05) is 0 Å². The second-order valence-corrected chi connectivity index (χ2v) is 6.35. The van der Waals surface area contributed by atoms with Gasteiger partial charge in [-0.2, -0.15) is 5.10 Å². The zero-order chi connectivity index (χ0) is 14.0. The van der Waals surface area contributed by atoms with Gasteiger partial charge in [-0.25, -0.2) is 0 Å². The van der Waals surface area contributed by atoms with Crippen LogP contribution in [0.1, 0.15) is 30.7 Å². The SMILES string of the molecule is CCCn1ncc(Br)c1C(O)c1ccc(Br)cc1Cl. The molecule has 0 spiro atoms. The van der Waals surface area contributed by atoms with E-state index in [0.29, 0.717) is 10.6 Å². The van der Waals surface area contributed by atoms with Crippen LogP contribution in [-0.4, -0.2) is 14.9 Å². The lowest BCUT2D eigenvalue weighted by Crippen LogP contribution is -2.11. The van der Waals surface area contributed by atoms with Crippen LogP contribution in [0.3, 0.4) is 0 Å². The van der Waals surface area contributed by atoms with Crippen molar-refractivity contribution in [2.24, 2.45) is 0 Å². The average Bonchev–Trinajstić information content (AvgIpc) is 2.70. The van der Waals surface area contributed by atoms with E-state index in [1.54, 1.807) is 16.9 Å². The fourth-order valence-electron chi connectivity index (χ4n) is 1.90. The van der Waals surface area contributed by atoms with Crippen molar-refractivity contribution in [1.82, 2.24) is 9.78 Å². The van der Waals surface area contributed by atoms with Gasteiger partial charge in [0.25, 0.3) is 0 Å². The molecule has 3 nitrogen and oxygen atoms in total. The number of hydrogen-bond acceptors (Lipinski definition) is 2. The van der Waals surface area contributed by atoms with Crippen molar-refractivity contribution in [1.29, 1.82) is 0 Å². The molecule has 1 N–H and O–H groups in total. The average molecular weight is 409 g/mol. The van der Waals surface area contributed by atoms with Gasteiger partial charge in [0.1, 0.15) is 6.10 Å². The molecule has 1 aromatic heterocycles. The monoisotopic (exact) mass is 406 g/mol. The van der Waals surface area contributed by atoms with Gasteiger partial charge in [-0.3, -0.25) is 4.68 Å². The molecule has 0 bridgehead atoms. The molecule has 0 saturated carbocycles. The first-order chi connectivity index (χ1) is 9.04. The largest absolute Gasteiger partial charge is 0.382 e. The molecule has 0 saturated heterocycles. The molecular weight excluding hydrogens is 395 g/mol. The number of hydrogen-bond donors (Lipinski definition) is 1. The molecule has 0 aliphatic carbocycles. The van der Waals surface area contributed by atoms with Crippen molar-refractivity contribution in [3.63, 3.8) is 0 Å². The van der Waals surface area contributed by atoms with Gasteiger partial charge in [0.05, 0.1) is 16.4 Å². The Kier molecular flexibility index (Phi) is 5.06. The Morgan fingerprint density at radius 1 is 1.42 bits per heavy atom. The Morgan fingerprint density at radius 3 is 2.79 bits per heavy atom. The molecule has 0 aliphatic heterocycles. The standard InChI is InChI=1S/C13H13Br2ClN2O/c1-2-5-18-12(10(15)7-17-18)13(19)9-4-3-8(14)6-11(9)16/h3-4,6-7,13,19H,2,5H2,1H3. The maximum Gasteiger partial charge on any atom is 0.123 e. The molecule has 1 atom stereocenters. The molecule has 0 radical (unpaired) electrons. The molecule has 6 heteroatoms. The first kappa shape index (κ1) is 15.0. The lowest BCUT2D eigenvalue weighted by atomic mass is 10.1. The number of aliphatic hydroxyl groups is 1. The van der Waals surface area contributed by atoms with Crippen LogP contribution in [0, 0.1) is 0 Å². The van der Waals surface area contributed by atoms with Crippen LogP contribution in [0.2, 0.25) is 5.02 Å². The zero-order valence-electron chi connectivity index (χ0n) is 10.3. The summed E-state index contributed by atoms with van der Waals surface area (Å²) in [5.74, 6) is 0. The van der Waals surface area contributed by atoms with Crippen molar-refractivity contribution in [3.05, 3.63) is 49.6 Å². The fourth-order valence-corrected chi connectivity index (χ4v) is 3.19. The molecule has 102 valence electrons. The highest BCUT2D eigenvalue weighted by atomic mass is 79.9. The molecule has 1 heterocycles. The number of aliphatic hydroxyl groups excluding tert-OH is 1. The summed E-state index contributed by atoms with van der Waals surface area (Å²) >= 11 is 13.0. The molecule has 0 fully saturated rings. The number of aromatic nitrogens is 2. The minimum atomic E-state index is -0.802. The second kappa shape index (κ2) is 6.39. The van der Waals surface area contributed by atoms with E-state index >= 15 is 0 Å². The predicted molar refractivity (Wildman–Crippen MR) is 83.4 cm³/mol. The van der Waals surface area contributed by atoms with Gasteiger partial charge in [-0.15, -0.1) is 0 Å². The smallest absolute Gasteiger partial charge is 0.123 e. The first-order valence-corrected chi connectivity index (χ1v) is 7.85. The Bertz CT molecular complexity index is 586. The Balaban J connectivity index is 2.43. The van der Waals surface area contributed by atoms with Gasteiger partial charge in [0.15, 0.2) is 0 Å². The van der Waals surface area contributed by atoms with Gasteiger partial charge in [0, 0.05) is 21.6 Å². The maximum atomic E-state index is 10.6. The van der Waals surface area contributed by atoms with Crippen molar-refractivity contribution in [3.8, 4) is 0 Å². The highest BCUT2D eigenvalue weighted by Gasteiger charge is 2.21. The number of halogens is 3. The summed E-state index contributed by atoms with van der Waals surface area (Å²) in [6.45, 7) is 2.82. The zero-order valence-corrected chi connectivity index (χ0v) is 14.2. The molecule has 0 amide bonds. The van der Waals surface area contributed by atoms with Crippen LogP contribution >= 0.6 is 43.5 Å². The van der Waals surface area contributed by atoms with E-state index in [-0.39, 0.29) is 0 Å². The molecule has 2 aromatic rings. The van der Waals surface area contributed by atoms with Gasteiger partial charge >= 0.3 is 0 Å². The highest BCUT2D eigenvalue weighted by molar-refractivity contribution is 9.10. The Hall–Kier alpha value is -0.360. The van der Waals surface area contributed by atoms with E-state index in [2.05, 4.69) is 43.9 Å². The Morgan fingerprint density at radius 2 is 2.16 bits per heavy atom. The van der Waals surface area contributed by atoms with Crippen LogP contribution < -0.4 is 0 Å². The predicted octanol–water partition coefficient (Wildman–Crippen LogP) is 4.55. The van der Waals surface area contributed by atoms with Crippen LogP contribution in [0.15, 0.2) is 33.3 Å². The topological polar surface area (TPSA) is 38.0 Å². The summed E-state index contributed by atoms with van der Waals surface area (Å²) in [6, 6.07) is 5.44. The van der Waals surface area contributed by atoms with E-state index < -0.39 is 6.10 Å². The summed E-state index contributed by atoms with van der Waals surface area (Å²) in [4.78, 5) is 0. The van der Waals surface area contributed by atoms with Crippen molar-refractivity contribution < 1.29 is 5.11 Å². The van der Waals surface area contributed by atoms with E-state index in [9.17, 15) is 5.11 Å². The summed E-state index contributed by atoms with van der Waals surface area (Å²) in [7, 11) is 0. The molecule has 19 heavy (non-hydrogen) atoms. The normalized spacial score (nSPS) is 12.7. The summed E-state index contributed by atoms with van der Waals surface area (Å²) < 4.78 is 3.47. The number of aryl methyl sites for hydroxylation is 1. The van der Waals surface area contributed by atoms with E-state index in [0.717, 1.165) is 27.6 Å². The second-order valence-electron chi connectivity index (χ2n) is 4.17. The van der Waals surface area contributed by atoms with Gasteiger partial charge in [-0.1, -0.05) is 40.5 Å². The lowest BCUT2D eigenvalue weighted by Gasteiger charge is -2.15. The van der Waals surface area contributed by atoms with Crippen LogP contribution in [-0.2, 0) is 6.54 Å². The van der Waals surface area contributed by atoms with Gasteiger partial charge < -0.3 is 5.11 Å². The Labute approximate surface area is 133 Å². The highest BCUT2D eigenvalue weighted by Crippen LogP contribution is 2.33. The third kappa shape index (κ3) is 3.21. The molecule has 1 unspecified atom stereocenters.